The molecule has 0 spiro atoms. The molecule has 10 nitrogen and oxygen atoms in total. The van der Waals surface area contributed by atoms with E-state index >= 15 is 0 Å². The summed E-state index contributed by atoms with van der Waals surface area (Å²) < 4.78 is 15.9. The first-order valence-electron chi connectivity index (χ1n) is 10.4. The van der Waals surface area contributed by atoms with Crippen LogP contribution in [0.25, 0.3) is 0 Å². The maximum atomic E-state index is 13.1. The fourth-order valence-corrected chi connectivity index (χ4v) is 3.68. The molecule has 0 bridgehead atoms. The number of allylic oxidation sites excluding steroid dienone is 1. The molecule has 34 heavy (non-hydrogen) atoms. The highest BCUT2D eigenvalue weighted by Gasteiger charge is 2.39. The lowest BCUT2D eigenvalue weighted by atomic mass is 9.80. The number of dihydropyridines is 1. The molecule has 1 atom stereocenters. The van der Waals surface area contributed by atoms with Crippen LogP contribution in [-0.4, -0.2) is 56.6 Å². The largest absolute Gasteiger partial charge is 0.466 e. The third kappa shape index (κ3) is 6.83. The molecule has 1 aromatic carbocycles. The topological polar surface area (TPSA) is 132 Å². The molecule has 11 heteroatoms. The van der Waals surface area contributed by atoms with Gasteiger partial charge in [0.2, 0.25) is 5.91 Å². The van der Waals surface area contributed by atoms with E-state index in [1.807, 2.05) is 0 Å². The van der Waals surface area contributed by atoms with Gasteiger partial charge in [-0.3, -0.25) is 4.79 Å². The number of halogens is 1. The number of hydrogen-bond acceptors (Lipinski definition) is 9. The number of rotatable bonds is 11. The molecule has 3 N–H and O–H groups in total. The third-order valence-corrected chi connectivity index (χ3v) is 5.18. The molecule has 0 radical (unpaired) electrons. The molecule has 1 aromatic rings. The predicted octanol–water partition coefficient (Wildman–Crippen LogP) is 2.43. The summed E-state index contributed by atoms with van der Waals surface area (Å²) in [4.78, 5) is 40.9. The third-order valence-electron chi connectivity index (χ3n) is 4.83. The summed E-state index contributed by atoms with van der Waals surface area (Å²) >= 11 is 6.45. The van der Waals surface area contributed by atoms with Crippen LogP contribution in [0.4, 0.5) is 0 Å². The van der Waals surface area contributed by atoms with Crippen molar-refractivity contribution < 1.29 is 38.7 Å². The minimum absolute atomic E-state index is 0.0354. The summed E-state index contributed by atoms with van der Waals surface area (Å²) in [6.07, 6.45) is 1.82. The number of hydrogen-bond donors (Lipinski definition) is 3. The van der Waals surface area contributed by atoms with Crippen molar-refractivity contribution >= 4 is 29.4 Å². The summed E-state index contributed by atoms with van der Waals surface area (Å²) in [7, 11) is 1.26. The van der Waals surface area contributed by atoms with E-state index in [2.05, 4.69) is 15.5 Å². The van der Waals surface area contributed by atoms with Gasteiger partial charge in [0, 0.05) is 23.3 Å². The van der Waals surface area contributed by atoms with Gasteiger partial charge in [0.15, 0.2) is 0 Å². The normalized spacial score (nSPS) is 15.7. The fourth-order valence-electron chi connectivity index (χ4n) is 3.43. The number of esters is 2. The maximum Gasteiger partial charge on any atom is 0.336 e. The van der Waals surface area contributed by atoms with E-state index in [-0.39, 0.29) is 37.5 Å². The number of methoxy groups -OCH3 is 1. The first-order chi connectivity index (χ1) is 16.3. The Bertz CT molecular complexity index is 1000. The van der Waals surface area contributed by atoms with Gasteiger partial charge < -0.3 is 29.7 Å². The first-order valence-corrected chi connectivity index (χ1v) is 10.8. The summed E-state index contributed by atoms with van der Waals surface area (Å²) in [6.45, 7) is 3.73. The molecule has 1 aliphatic heterocycles. The number of ether oxygens (including phenoxy) is 3. The Kier molecular flexibility index (Phi) is 10.6. The van der Waals surface area contributed by atoms with Gasteiger partial charge in [0.1, 0.15) is 6.26 Å². The van der Waals surface area contributed by atoms with Crippen molar-refractivity contribution in [2.24, 2.45) is 0 Å². The molecule has 1 amide bonds. The van der Waals surface area contributed by atoms with Crippen molar-refractivity contribution in [1.82, 2.24) is 10.6 Å². The number of carbonyl (C=O) groups is 3. The van der Waals surface area contributed by atoms with Gasteiger partial charge in [0.25, 0.3) is 0 Å². The summed E-state index contributed by atoms with van der Waals surface area (Å²) in [5, 5.41) is 14.2. The highest BCUT2D eigenvalue weighted by Crippen LogP contribution is 2.41. The van der Waals surface area contributed by atoms with E-state index in [9.17, 15) is 14.4 Å². The molecule has 1 heterocycles. The minimum Gasteiger partial charge on any atom is -0.466 e. The average molecular weight is 495 g/mol. The number of nitrogens with one attached hydrogen (secondary N) is 2. The van der Waals surface area contributed by atoms with Crippen LogP contribution >= 0.6 is 11.6 Å². The molecule has 0 aliphatic carbocycles. The predicted molar refractivity (Wildman–Crippen MR) is 122 cm³/mol. The monoisotopic (exact) mass is 494 g/mol. The molecule has 2 rings (SSSR count). The number of amides is 1. The summed E-state index contributed by atoms with van der Waals surface area (Å²) in [5.74, 6) is -2.57. The van der Waals surface area contributed by atoms with Crippen molar-refractivity contribution in [3.63, 3.8) is 0 Å². The average Bonchev–Trinajstić information content (AvgIpc) is 2.82. The van der Waals surface area contributed by atoms with Crippen molar-refractivity contribution in [3.8, 4) is 0 Å². The van der Waals surface area contributed by atoms with Crippen molar-refractivity contribution in [3.05, 3.63) is 69.7 Å². The molecular weight excluding hydrogens is 468 g/mol. The Hall–Kier alpha value is -3.34. The Labute approximate surface area is 202 Å². The van der Waals surface area contributed by atoms with Crippen LogP contribution < -0.4 is 10.6 Å². The molecular formula is C23H27ClN2O8. The van der Waals surface area contributed by atoms with Crippen molar-refractivity contribution in [2.75, 3.05) is 33.5 Å². The maximum absolute atomic E-state index is 13.1. The van der Waals surface area contributed by atoms with Crippen LogP contribution in [0.2, 0.25) is 5.02 Å². The Morgan fingerprint density at radius 1 is 1.21 bits per heavy atom. The van der Waals surface area contributed by atoms with E-state index in [1.165, 1.54) is 7.11 Å². The van der Waals surface area contributed by atoms with Gasteiger partial charge >= 0.3 is 11.9 Å². The van der Waals surface area contributed by atoms with Crippen LogP contribution in [0.3, 0.4) is 0 Å². The van der Waals surface area contributed by atoms with Gasteiger partial charge in [-0.2, -0.15) is 0 Å². The Morgan fingerprint density at radius 2 is 1.94 bits per heavy atom. The Morgan fingerprint density at radius 3 is 2.59 bits per heavy atom. The summed E-state index contributed by atoms with van der Waals surface area (Å²) in [6, 6.07) is 6.90. The second kappa shape index (κ2) is 13.4. The zero-order valence-corrected chi connectivity index (χ0v) is 19.8. The van der Waals surface area contributed by atoms with E-state index in [4.69, 9.17) is 31.1 Å². The quantitative estimate of drug-likeness (QED) is 0.106. The molecule has 0 fully saturated rings. The van der Waals surface area contributed by atoms with Gasteiger partial charge in [-0.05, 0) is 25.5 Å². The smallest absolute Gasteiger partial charge is 0.336 e. The van der Waals surface area contributed by atoms with Gasteiger partial charge in [-0.15, -0.1) is 0 Å². The van der Waals surface area contributed by atoms with Gasteiger partial charge in [-0.25, -0.2) is 14.8 Å². The van der Waals surface area contributed by atoms with Crippen LogP contribution in [-0.2, 0) is 33.5 Å². The van der Waals surface area contributed by atoms with Crippen molar-refractivity contribution in [1.29, 1.82) is 0 Å². The molecule has 0 saturated carbocycles. The molecule has 0 saturated heterocycles. The van der Waals surface area contributed by atoms with Crippen LogP contribution in [0, 0.1) is 0 Å². The molecule has 184 valence electrons. The number of benzene rings is 1. The lowest BCUT2D eigenvalue weighted by Crippen LogP contribution is -2.35. The fraction of sp³-hybridized carbons (Fsp3) is 0.348. The number of carbonyl (C=O) groups excluding carboxylic acids is 3. The van der Waals surface area contributed by atoms with Gasteiger partial charge in [-0.1, -0.05) is 29.8 Å². The minimum atomic E-state index is -0.844. The lowest BCUT2D eigenvalue weighted by molar-refractivity contribution is -0.187. The molecule has 1 aliphatic rings. The zero-order chi connectivity index (χ0) is 25.1. The SMILES string of the molecule is CCOC(=O)C1=C(COCCNC(=O)/C=C/OO)NC(C)=C(C(=O)OC)C1c1ccccc1Cl. The van der Waals surface area contributed by atoms with Crippen LogP contribution in [0.1, 0.15) is 25.3 Å². The van der Waals surface area contributed by atoms with E-state index < -0.39 is 23.8 Å². The van der Waals surface area contributed by atoms with Crippen molar-refractivity contribution in [2.45, 2.75) is 19.8 Å². The molecule has 1 unspecified atom stereocenters. The lowest BCUT2D eigenvalue weighted by Gasteiger charge is -2.31. The summed E-state index contributed by atoms with van der Waals surface area (Å²) in [5.41, 5.74) is 1.82. The second-order valence-corrected chi connectivity index (χ2v) is 7.38. The highest BCUT2D eigenvalue weighted by atomic mass is 35.5. The molecule has 0 aromatic heterocycles. The Balaban J connectivity index is 2.37. The van der Waals surface area contributed by atoms with E-state index in [1.54, 1.807) is 38.1 Å². The standard InChI is InChI=1S/C23H27ClN2O8/c1-4-33-23(29)21-17(13-32-12-10-25-18(27)9-11-34-30)26-14(2)19(22(28)31-3)20(21)15-7-5-6-8-16(15)24/h5-9,11,20,26,30H,4,10,12-13H2,1-3H3,(H,25,27)/b11-9+. The van der Waals surface area contributed by atoms with Gasteiger partial charge in [0.05, 0.1) is 49.7 Å². The van der Waals surface area contributed by atoms with E-state index in [0.29, 0.717) is 22.0 Å². The van der Waals surface area contributed by atoms with E-state index in [0.717, 1.165) is 12.3 Å². The first kappa shape index (κ1) is 26.9. The van der Waals surface area contributed by atoms with Crippen LogP contribution in [0.5, 0.6) is 0 Å². The zero-order valence-electron chi connectivity index (χ0n) is 19.1. The van der Waals surface area contributed by atoms with Crippen LogP contribution in [0.15, 0.2) is 59.1 Å². The second-order valence-electron chi connectivity index (χ2n) is 6.97. The highest BCUT2D eigenvalue weighted by molar-refractivity contribution is 6.31.